The first-order valence-electron chi connectivity index (χ1n) is 10.5. The summed E-state index contributed by atoms with van der Waals surface area (Å²) in [6.45, 7) is 5.02. The molecular weight excluding hydrogens is 386 g/mol. The van der Waals surface area contributed by atoms with Gasteiger partial charge in [0.15, 0.2) is 11.5 Å². The normalized spacial score (nSPS) is 22.2. The number of amides is 4. The number of hydrogen-bond acceptors (Lipinski definition) is 6. The topological polar surface area (TPSA) is 79.4 Å². The lowest BCUT2D eigenvalue weighted by atomic mass is 9.85. The molecule has 8 nitrogen and oxygen atoms in total. The third-order valence-electron chi connectivity index (χ3n) is 5.84. The maximum atomic E-state index is 12.9. The van der Waals surface area contributed by atoms with Crippen LogP contribution >= 0.6 is 0 Å². The Morgan fingerprint density at radius 1 is 1.10 bits per heavy atom. The monoisotopic (exact) mass is 417 g/mol. The van der Waals surface area contributed by atoms with Gasteiger partial charge in [0.2, 0.25) is 0 Å². The zero-order valence-electron chi connectivity index (χ0n) is 18.2. The fourth-order valence-electron chi connectivity index (χ4n) is 4.31. The minimum absolute atomic E-state index is 0.0521. The van der Waals surface area contributed by atoms with E-state index in [9.17, 15) is 14.4 Å². The molecular formula is C22H31N3O5. The van der Waals surface area contributed by atoms with Gasteiger partial charge >= 0.3 is 17.8 Å². The molecule has 3 rings (SSSR count). The number of hydrogen-bond donors (Lipinski definition) is 0. The molecule has 8 heteroatoms. The third-order valence-corrected chi connectivity index (χ3v) is 5.84. The van der Waals surface area contributed by atoms with Crippen molar-refractivity contribution in [1.29, 1.82) is 0 Å². The summed E-state index contributed by atoms with van der Waals surface area (Å²) < 4.78 is 10.9. The molecule has 164 valence electrons. The number of nitrogens with zero attached hydrogens (tertiary/aromatic N) is 3. The predicted molar refractivity (Wildman–Crippen MR) is 111 cm³/mol. The molecule has 4 amide bonds. The van der Waals surface area contributed by atoms with E-state index in [-0.39, 0.29) is 18.6 Å². The Kier molecular flexibility index (Phi) is 6.97. The largest absolute Gasteiger partial charge is 0.493 e. The minimum Gasteiger partial charge on any atom is -0.493 e. The Bertz CT molecular complexity index is 812. The zero-order valence-corrected chi connectivity index (χ0v) is 18.2. The molecule has 1 aliphatic heterocycles. The highest BCUT2D eigenvalue weighted by atomic mass is 16.5. The van der Waals surface area contributed by atoms with Gasteiger partial charge in [0.05, 0.1) is 20.4 Å². The molecule has 0 unspecified atom stereocenters. The van der Waals surface area contributed by atoms with Crippen molar-refractivity contribution in [3.8, 4) is 11.5 Å². The van der Waals surface area contributed by atoms with E-state index >= 15 is 0 Å². The SMILES string of the molecule is CCOc1ccc(CN(C)CN2C(=O)C(=O)N([C@H]3CCCC[C@@H]3C)C2=O)cc1OC. The van der Waals surface area contributed by atoms with E-state index in [0.29, 0.717) is 24.7 Å². The van der Waals surface area contributed by atoms with Crippen LogP contribution in [0.1, 0.15) is 45.1 Å². The van der Waals surface area contributed by atoms with Gasteiger partial charge in [-0.1, -0.05) is 25.8 Å². The van der Waals surface area contributed by atoms with Crippen LogP contribution in [0.5, 0.6) is 11.5 Å². The Morgan fingerprint density at radius 2 is 1.83 bits per heavy atom. The van der Waals surface area contributed by atoms with Crippen molar-refractivity contribution in [2.45, 2.75) is 52.1 Å². The fraction of sp³-hybridized carbons (Fsp3) is 0.591. The number of imide groups is 2. The van der Waals surface area contributed by atoms with Gasteiger partial charge in [0.1, 0.15) is 0 Å². The summed E-state index contributed by atoms with van der Waals surface area (Å²) in [6, 6.07) is 4.94. The van der Waals surface area contributed by atoms with Gasteiger partial charge in [-0.15, -0.1) is 0 Å². The summed E-state index contributed by atoms with van der Waals surface area (Å²) >= 11 is 0. The van der Waals surface area contributed by atoms with Crippen molar-refractivity contribution in [2.75, 3.05) is 27.4 Å². The van der Waals surface area contributed by atoms with Crippen LogP contribution in [0, 0.1) is 5.92 Å². The van der Waals surface area contributed by atoms with Crippen LogP contribution in [0.3, 0.4) is 0 Å². The van der Waals surface area contributed by atoms with Gasteiger partial charge in [-0.05, 0) is 50.4 Å². The lowest BCUT2D eigenvalue weighted by Gasteiger charge is -2.34. The summed E-state index contributed by atoms with van der Waals surface area (Å²) in [6.07, 6.45) is 3.80. The van der Waals surface area contributed by atoms with E-state index in [0.717, 1.165) is 36.1 Å². The average Bonchev–Trinajstić information content (AvgIpc) is 2.93. The number of carbonyl (C=O) groups is 3. The molecule has 1 aromatic rings. The molecule has 0 bridgehead atoms. The minimum atomic E-state index is -0.742. The maximum Gasteiger partial charge on any atom is 0.335 e. The Hall–Kier alpha value is -2.61. The highest BCUT2D eigenvalue weighted by Gasteiger charge is 2.49. The number of methoxy groups -OCH3 is 1. The van der Waals surface area contributed by atoms with Crippen molar-refractivity contribution < 1.29 is 23.9 Å². The van der Waals surface area contributed by atoms with Crippen LogP contribution in [0.15, 0.2) is 18.2 Å². The molecule has 1 saturated heterocycles. The molecule has 0 N–H and O–H groups in total. The van der Waals surface area contributed by atoms with Gasteiger partial charge < -0.3 is 9.47 Å². The molecule has 2 fully saturated rings. The third kappa shape index (κ3) is 4.43. The first-order chi connectivity index (χ1) is 14.4. The van der Waals surface area contributed by atoms with Crippen LogP contribution < -0.4 is 9.47 Å². The van der Waals surface area contributed by atoms with E-state index in [1.807, 2.05) is 36.9 Å². The molecule has 30 heavy (non-hydrogen) atoms. The number of benzene rings is 1. The Labute approximate surface area is 177 Å². The number of carbonyl (C=O) groups excluding carboxylic acids is 3. The van der Waals surface area contributed by atoms with Crippen molar-refractivity contribution in [3.05, 3.63) is 23.8 Å². The van der Waals surface area contributed by atoms with Gasteiger partial charge in [0, 0.05) is 12.6 Å². The molecule has 1 aliphatic carbocycles. The van der Waals surface area contributed by atoms with Crippen molar-refractivity contribution in [3.63, 3.8) is 0 Å². The first-order valence-corrected chi connectivity index (χ1v) is 10.5. The molecule has 1 aromatic carbocycles. The standard InChI is InChI=1S/C22H31N3O5/c1-5-30-18-11-10-16(12-19(18)29-4)13-23(3)14-24-20(26)21(27)25(22(24)28)17-9-7-6-8-15(17)2/h10-12,15,17H,5-9,13-14H2,1-4H3/t15-,17-/m0/s1. The first kappa shape index (κ1) is 22.1. The second-order valence-electron chi connectivity index (χ2n) is 8.09. The van der Waals surface area contributed by atoms with Gasteiger partial charge in [-0.2, -0.15) is 0 Å². The summed E-state index contributed by atoms with van der Waals surface area (Å²) in [5.41, 5.74) is 0.945. The highest BCUT2D eigenvalue weighted by molar-refractivity contribution is 6.44. The van der Waals surface area contributed by atoms with Crippen LogP contribution in [0.2, 0.25) is 0 Å². The number of rotatable bonds is 8. The van der Waals surface area contributed by atoms with E-state index in [2.05, 4.69) is 0 Å². The average molecular weight is 418 g/mol. The lowest BCUT2D eigenvalue weighted by Crippen LogP contribution is -2.46. The van der Waals surface area contributed by atoms with Crippen LogP contribution in [-0.2, 0) is 16.1 Å². The second-order valence-corrected chi connectivity index (χ2v) is 8.09. The van der Waals surface area contributed by atoms with Crippen LogP contribution in [-0.4, -0.2) is 66.0 Å². The van der Waals surface area contributed by atoms with Gasteiger partial charge in [-0.25, -0.2) is 9.69 Å². The van der Waals surface area contributed by atoms with E-state index in [4.69, 9.17) is 9.47 Å². The van der Waals surface area contributed by atoms with Crippen molar-refractivity contribution >= 4 is 17.8 Å². The summed E-state index contributed by atoms with van der Waals surface area (Å²) in [4.78, 5) is 42.1. The second kappa shape index (κ2) is 9.47. The molecule has 0 radical (unpaired) electrons. The predicted octanol–water partition coefficient (Wildman–Crippen LogP) is 2.85. The van der Waals surface area contributed by atoms with Crippen molar-refractivity contribution in [1.82, 2.24) is 14.7 Å². The lowest BCUT2D eigenvalue weighted by molar-refractivity contribution is -0.145. The fourth-order valence-corrected chi connectivity index (χ4v) is 4.31. The summed E-state index contributed by atoms with van der Waals surface area (Å²) in [5.74, 6) is 0.0695. The van der Waals surface area contributed by atoms with Gasteiger partial charge in [-0.3, -0.25) is 19.4 Å². The van der Waals surface area contributed by atoms with Gasteiger partial charge in [0.25, 0.3) is 0 Å². The van der Waals surface area contributed by atoms with E-state index in [1.54, 1.807) is 14.2 Å². The molecule has 0 spiro atoms. The number of ether oxygens (including phenoxy) is 2. The Morgan fingerprint density at radius 3 is 2.50 bits per heavy atom. The molecule has 2 atom stereocenters. The van der Waals surface area contributed by atoms with Crippen molar-refractivity contribution in [2.24, 2.45) is 5.92 Å². The van der Waals surface area contributed by atoms with Crippen LogP contribution in [0.25, 0.3) is 0 Å². The van der Waals surface area contributed by atoms with Crippen LogP contribution in [0.4, 0.5) is 4.79 Å². The quantitative estimate of drug-likeness (QED) is 0.478. The van der Waals surface area contributed by atoms with E-state index < -0.39 is 17.8 Å². The summed E-state index contributed by atoms with van der Waals surface area (Å²) in [5, 5.41) is 0. The smallest absolute Gasteiger partial charge is 0.335 e. The summed E-state index contributed by atoms with van der Waals surface area (Å²) in [7, 11) is 3.39. The highest BCUT2D eigenvalue weighted by Crippen LogP contribution is 2.32. The molecule has 1 saturated carbocycles. The molecule has 1 heterocycles. The zero-order chi connectivity index (χ0) is 21.8. The Balaban J connectivity index is 1.67. The molecule has 0 aromatic heterocycles. The molecule has 2 aliphatic rings. The number of urea groups is 1. The van der Waals surface area contributed by atoms with E-state index in [1.165, 1.54) is 4.90 Å². The maximum absolute atomic E-state index is 12.9.